The normalized spacial score (nSPS) is 13.1. The molecule has 3 heteroatoms. The lowest BCUT2D eigenvalue weighted by molar-refractivity contribution is 0.191. The minimum Gasteiger partial charge on any atom is -0.469 e. The topological polar surface area (TPSA) is 46.5 Å². The van der Waals surface area contributed by atoms with Crippen molar-refractivity contribution < 1.29 is 13.9 Å². The van der Waals surface area contributed by atoms with Crippen molar-refractivity contribution in [3.05, 3.63) is 59.7 Å². The number of hydrogen-bond donors (Lipinski definition) is 1. The van der Waals surface area contributed by atoms with Crippen LogP contribution in [0.3, 0.4) is 0 Å². The van der Waals surface area contributed by atoms with Crippen LogP contribution in [0.15, 0.2) is 51.5 Å². The molecule has 0 amide bonds. The Labute approximate surface area is 98.3 Å². The zero-order valence-electron chi connectivity index (χ0n) is 9.38. The molecule has 0 bridgehead atoms. The van der Waals surface area contributed by atoms with Gasteiger partial charge in [-0.05, 0) is 25.1 Å². The predicted octanol–water partition coefficient (Wildman–Crippen LogP) is 3.42. The SMILES string of the molecule is Cc1cc(C(O)c2cc3ccccc3o2)co1. The molecule has 17 heavy (non-hydrogen) atoms. The lowest BCUT2D eigenvalue weighted by Crippen LogP contribution is -1.95. The van der Waals surface area contributed by atoms with Gasteiger partial charge in [-0.3, -0.25) is 0 Å². The lowest BCUT2D eigenvalue weighted by atomic mass is 10.1. The summed E-state index contributed by atoms with van der Waals surface area (Å²) in [6, 6.07) is 11.3. The van der Waals surface area contributed by atoms with Crippen molar-refractivity contribution in [2.24, 2.45) is 0 Å². The van der Waals surface area contributed by atoms with E-state index in [2.05, 4.69) is 0 Å². The van der Waals surface area contributed by atoms with E-state index in [-0.39, 0.29) is 0 Å². The Hall–Kier alpha value is -2.00. The van der Waals surface area contributed by atoms with Crippen LogP contribution in [0.5, 0.6) is 0 Å². The maximum atomic E-state index is 10.2. The molecule has 2 heterocycles. The van der Waals surface area contributed by atoms with Crippen molar-refractivity contribution in [3.8, 4) is 0 Å². The molecule has 0 radical (unpaired) electrons. The number of aryl methyl sites for hydroxylation is 1. The highest BCUT2D eigenvalue weighted by Gasteiger charge is 2.17. The second-order valence-corrected chi connectivity index (χ2v) is 4.08. The molecule has 3 nitrogen and oxygen atoms in total. The van der Waals surface area contributed by atoms with Crippen LogP contribution < -0.4 is 0 Å². The zero-order valence-corrected chi connectivity index (χ0v) is 9.38. The maximum absolute atomic E-state index is 10.2. The number of furan rings is 2. The van der Waals surface area contributed by atoms with E-state index in [4.69, 9.17) is 8.83 Å². The summed E-state index contributed by atoms with van der Waals surface area (Å²) in [5, 5.41) is 11.1. The standard InChI is InChI=1S/C14H12O3/c1-9-6-11(8-16-9)14(15)13-7-10-4-2-3-5-12(10)17-13/h2-8,14-15H,1H3. The van der Waals surface area contributed by atoms with Gasteiger partial charge in [0, 0.05) is 10.9 Å². The van der Waals surface area contributed by atoms with Crippen molar-refractivity contribution in [3.63, 3.8) is 0 Å². The van der Waals surface area contributed by atoms with E-state index >= 15 is 0 Å². The Kier molecular flexibility index (Phi) is 2.27. The molecule has 1 N–H and O–H groups in total. The van der Waals surface area contributed by atoms with Gasteiger partial charge in [-0.25, -0.2) is 0 Å². The monoisotopic (exact) mass is 228 g/mol. The molecule has 0 aliphatic heterocycles. The van der Waals surface area contributed by atoms with E-state index in [9.17, 15) is 5.11 Å². The highest BCUT2D eigenvalue weighted by atomic mass is 16.4. The minimum atomic E-state index is -0.778. The summed E-state index contributed by atoms with van der Waals surface area (Å²) in [6.07, 6.45) is 0.771. The third-order valence-corrected chi connectivity index (χ3v) is 2.78. The van der Waals surface area contributed by atoms with Gasteiger partial charge in [0.1, 0.15) is 23.2 Å². The van der Waals surface area contributed by atoms with E-state index in [0.717, 1.165) is 16.7 Å². The molecule has 3 rings (SSSR count). The first-order valence-electron chi connectivity index (χ1n) is 5.45. The molecule has 0 aliphatic rings. The van der Waals surface area contributed by atoms with Crippen molar-refractivity contribution in [2.45, 2.75) is 13.0 Å². The minimum absolute atomic E-state index is 0.534. The predicted molar refractivity (Wildman–Crippen MR) is 63.7 cm³/mol. The number of hydrogen-bond acceptors (Lipinski definition) is 3. The second kappa shape index (κ2) is 3.79. The van der Waals surface area contributed by atoms with Crippen LogP contribution in [-0.4, -0.2) is 5.11 Å². The van der Waals surface area contributed by atoms with Crippen molar-refractivity contribution in [1.29, 1.82) is 0 Å². The average Bonchev–Trinajstić information content (AvgIpc) is 2.93. The summed E-state index contributed by atoms with van der Waals surface area (Å²) in [6.45, 7) is 1.84. The van der Waals surface area contributed by atoms with Crippen molar-refractivity contribution >= 4 is 11.0 Å². The third kappa shape index (κ3) is 1.74. The number of aliphatic hydroxyl groups is 1. The van der Waals surface area contributed by atoms with Gasteiger partial charge in [-0.15, -0.1) is 0 Å². The van der Waals surface area contributed by atoms with E-state index in [0.29, 0.717) is 11.3 Å². The Morgan fingerprint density at radius 2 is 2.00 bits per heavy atom. The fourth-order valence-electron chi connectivity index (χ4n) is 1.91. The van der Waals surface area contributed by atoms with E-state index < -0.39 is 6.10 Å². The molecule has 2 aromatic heterocycles. The quantitative estimate of drug-likeness (QED) is 0.731. The number of rotatable bonds is 2. The molecule has 1 aromatic carbocycles. The van der Waals surface area contributed by atoms with E-state index in [1.165, 1.54) is 0 Å². The van der Waals surface area contributed by atoms with Gasteiger partial charge in [0.2, 0.25) is 0 Å². The van der Waals surface area contributed by atoms with Gasteiger partial charge in [-0.1, -0.05) is 18.2 Å². The van der Waals surface area contributed by atoms with Gasteiger partial charge in [0.15, 0.2) is 0 Å². The Morgan fingerprint density at radius 3 is 2.71 bits per heavy atom. The third-order valence-electron chi connectivity index (χ3n) is 2.78. The van der Waals surface area contributed by atoms with E-state index in [1.807, 2.05) is 37.3 Å². The molecule has 0 saturated heterocycles. The first kappa shape index (κ1) is 10.2. The van der Waals surface area contributed by atoms with Gasteiger partial charge in [0.25, 0.3) is 0 Å². The Balaban J connectivity index is 2.03. The van der Waals surface area contributed by atoms with Crippen molar-refractivity contribution in [1.82, 2.24) is 0 Å². The number of para-hydroxylation sites is 1. The molecule has 1 unspecified atom stereocenters. The molecule has 3 aromatic rings. The molecule has 1 atom stereocenters. The Morgan fingerprint density at radius 1 is 1.18 bits per heavy atom. The van der Waals surface area contributed by atoms with Gasteiger partial charge < -0.3 is 13.9 Å². The average molecular weight is 228 g/mol. The van der Waals surface area contributed by atoms with Gasteiger partial charge >= 0.3 is 0 Å². The highest BCUT2D eigenvalue weighted by molar-refractivity contribution is 5.77. The van der Waals surface area contributed by atoms with Crippen LogP contribution in [-0.2, 0) is 0 Å². The lowest BCUT2D eigenvalue weighted by Gasteiger charge is -2.02. The molecule has 0 aliphatic carbocycles. The summed E-state index contributed by atoms with van der Waals surface area (Å²) in [5.74, 6) is 1.31. The molecule has 0 saturated carbocycles. The van der Waals surface area contributed by atoms with Gasteiger partial charge in [0.05, 0.1) is 6.26 Å². The van der Waals surface area contributed by atoms with Crippen LogP contribution in [0.25, 0.3) is 11.0 Å². The van der Waals surface area contributed by atoms with Crippen LogP contribution in [0.2, 0.25) is 0 Å². The van der Waals surface area contributed by atoms with Crippen molar-refractivity contribution in [2.75, 3.05) is 0 Å². The highest BCUT2D eigenvalue weighted by Crippen LogP contribution is 2.28. The number of aliphatic hydroxyl groups excluding tert-OH is 1. The fraction of sp³-hybridized carbons (Fsp3) is 0.143. The molecule has 0 fully saturated rings. The summed E-state index contributed by atoms with van der Waals surface area (Å²) in [4.78, 5) is 0. The molecular weight excluding hydrogens is 216 g/mol. The number of fused-ring (bicyclic) bond motifs is 1. The van der Waals surface area contributed by atoms with Crippen LogP contribution >= 0.6 is 0 Å². The first-order valence-corrected chi connectivity index (χ1v) is 5.45. The molecular formula is C14H12O3. The molecule has 86 valence electrons. The summed E-state index contributed by atoms with van der Waals surface area (Å²) in [5.41, 5.74) is 1.49. The first-order chi connectivity index (χ1) is 8.24. The largest absolute Gasteiger partial charge is 0.469 e. The van der Waals surface area contributed by atoms with E-state index in [1.54, 1.807) is 12.3 Å². The van der Waals surface area contributed by atoms with Crippen LogP contribution in [0, 0.1) is 6.92 Å². The summed E-state index contributed by atoms with van der Waals surface area (Å²) < 4.78 is 10.8. The summed E-state index contributed by atoms with van der Waals surface area (Å²) in [7, 11) is 0. The summed E-state index contributed by atoms with van der Waals surface area (Å²) >= 11 is 0. The Bertz CT molecular complexity index is 615. The second-order valence-electron chi connectivity index (χ2n) is 4.08. The van der Waals surface area contributed by atoms with Gasteiger partial charge in [-0.2, -0.15) is 0 Å². The van der Waals surface area contributed by atoms with Crippen LogP contribution in [0.1, 0.15) is 23.2 Å². The maximum Gasteiger partial charge on any atom is 0.140 e. The smallest absolute Gasteiger partial charge is 0.140 e. The molecule has 0 spiro atoms. The number of benzene rings is 1. The van der Waals surface area contributed by atoms with Crippen LogP contribution in [0.4, 0.5) is 0 Å². The zero-order chi connectivity index (χ0) is 11.8. The fourth-order valence-corrected chi connectivity index (χ4v) is 1.91.